The van der Waals surface area contributed by atoms with Crippen molar-refractivity contribution < 1.29 is 39.8 Å². The van der Waals surface area contributed by atoms with Gasteiger partial charge in [-0.25, -0.2) is 0 Å². The second-order valence-electron chi connectivity index (χ2n) is 17.6. The zero-order valence-corrected chi connectivity index (χ0v) is 42.3. The van der Waals surface area contributed by atoms with Gasteiger partial charge in [0.05, 0.1) is 25.4 Å². The number of carbonyl (C=O) groups excluding carboxylic acids is 1. The van der Waals surface area contributed by atoms with Crippen molar-refractivity contribution in [3.05, 3.63) is 134 Å². The highest BCUT2D eigenvalue weighted by Crippen LogP contribution is 2.22. The Morgan fingerprint density at radius 1 is 0.515 bits per heavy atom. The van der Waals surface area contributed by atoms with Crippen LogP contribution in [-0.4, -0.2) is 87.5 Å². The van der Waals surface area contributed by atoms with E-state index in [1.165, 1.54) is 51.4 Å². The van der Waals surface area contributed by atoms with Gasteiger partial charge in [0.2, 0.25) is 5.91 Å². The predicted octanol–water partition coefficient (Wildman–Crippen LogP) is 12.6. The number of hydrogen-bond acceptors (Lipinski definition) is 8. The summed E-state index contributed by atoms with van der Waals surface area (Å²) >= 11 is 0. The minimum Gasteiger partial charge on any atom is -0.394 e. The van der Waals surface area contributed by atoms with Gasteiger partial charge in [0, 0.05) is 6.42 Å². The van der Waals surface area contributed by atoms with Crippen LogP contribution < -0.4 is 5.32 Å². The van der Waals surface area contributed by atoms with Gasteiger partial charge in [-0.3, -0.25) is 4.79 Å². The van der Waals surface area contributed by atoms with Gasteiger partial charge in [0.1, 0.15) is 24.4 Å². The number of amides is 1. The normalized spacial score (nSPS) is 20.7. The van der Waals surface area contributed by atoms with Crippen LogP contribution in [0.5, 0.6) is 0 Å². The van der Waals surface area contributed by atoms with Crippen molar-refractivity contribution in [2.24, 2.45) is 0 Å². The van der Waals surface area contributed by atoms with Gasteiger partial charge in [0.25, 0.3) is 0 Å². The highest BCUT2D eigenvalue weighted by Gasteiger charge is 2.44. The molecule has 0 aromatic rings. The summed E-state index contributed by atoms with van der Waals surface area (Å²) in [6.07, 6.45) is 65.1. The molecular weight excluding hydrogens is 851 g/mol. The largest absolute Gasteiger partial charge is 0.394 e. The fourth-order valence-electron chi connectivity index (χ4n) is 7.30. The van der Waals surface area contributed by atoms with Crippen molar-refractivity contribution >= 4 is 5.91 Å². The van der Waals surface area contributed by atoms with E-state index in [1.807, 2.05) is 6.08 Å². The first kappa shape index (κ1) is 62.3. The van der Waals surface area contributed by atoms with Crippen LogP contribution in [0.25, 0.3) is 0 Å². The fourth-order valence-corrected chi connectivity index (χ4v) is 7.30. The Morgan fingerprint density at radius 3 is 1.35 bits per heavy atom. The molecule has 384 valence electrons. The van der Waals surface area contributed by atoms with E-state index in [4.69, 9.17) is 9.47 Å². The van der Waals surface area contributed by atoms with Crippen molar-refractivity contribution in [3.8, 4) is 0 Å². The van der Waals surface area contributed by atoms with Crippen LogP contribution in [0, 0.1) is 0 Å². The van der Waals surface area contributed by atoms with Gasteiger partial charge in [0.15, 0.2) is 6.29 Å². The molecule has 68 heavy (non-hydrogen) atoms. The second kappa shape index (κ2) is 47.0. The molecule has 0 bridgehead atoms. The Bertz CT molecular complexity index is 1520. The van der Waals surface area contributed by atoms with Crippen molar-refractivity contribution in [1.82, 2.24) is 5.32 Å². The van der Waals surface area contributed by atoms with Crippen molar-refractivity contribution in [1.29, 1.82) is 0 Å². The predicted molar refractivity (Wildman–Crippen MR) is 285 cm³/mol. The van der Waals surface area contributed by atoms with Crippen molar-refractivity contribution in [2.75, 3.05) is 13.2 Å². The molecule has 0 radical (unpaired) electrons. The Labute approximate surface area is 413 Å². The lowest BCUT2D eigenvalue weighted by atomic mass is 9.99. The molecule has 0 aromatic heterocycles. The highest BCUT2D eigenvalue weighted by molar-refractivity contribution is 5.76. The molecule has 1 aliphatic heterocycles. The van der Waals surface area contributed by atoms with Crippen LogP contribution in [-0.2, 0) is 14.3 Å². The van der Waals surface area contributed by atoms with E-state index >= 15 is 0 Å². The molecule has 1 aliphatic rings. The SMILES string of the molecule is CC/C=C\C/C=C\C/C=C\C/C=C\C/C=C\C/C=C\C/C=C\C/C=C\C/C=C\C/C=C\CCCCC(=O)NC(COC1OC(CO)C(O)C(O)C1O)C(O)/C=C/CCCCCCCCCCCC. The average molecular weight is 946 g/mol. The van der Waals surface area contributed by atoms with Gasteiger partial charge < -0.3 is 40.3 Å². The lowest BCUT2D eigenvalue weighted by Crippen LogP contribution is -2.60. The smallest absolute Gasteiger partial charge is 0.220 e. The number of hydrogen-bond donors (Lipinski definition) is 6. The van der Waals surface area contributed by atoms with Crippen LogP contribution >= 0.6 is 0 Å². The number of ether oxygens (including phenoxy) is 2. The molecule has 1 heterocycles. The molecule has 1 rings (SSSR count). The summed E-state index contributed by atoms with van der Waals surface area (Å²) in [5, 5.41) is 54.2. The zero-order valence-electron chi connectivity index (χ0n) is 42.3. The third-order valence-electron chi connectivity index (χ3n) is 11.5. The first-order chi connectivity index (χ1) is 33.3. The summed E-state index contributed by atoms with van der Waals surface area (Å²) in [5.41, 5.74) is 0. The number of unbranched alkanes of at least 4 members (excludes halogenated alkanes) is 12. The molecule has 9 nitrogen and oxygen atoms in total. The van der Waals surface area contributed by atoms with Crippen LogP contribution in [0.2, 0.25) is 0 Å². The van der Waals surface area contributed by atoms with Crippen LogP contribution in [0.4, 0.5) is 0 Å². The van der Waals surface area contributed by atoms with E-state index in [0.717, 1.165) is 96.3 Å². The minimum atomic E-state index is -1.58. The highest BCUT2D eigenvalue weighted by atomic mass is 16.7. The van der Waals surface area contributed by atoms with Crippen LogP contribution in [0.15, 0.2) is 134 Å². The van der Waals surface area contributed by atoms with E-state index < -0.39 is 49.5 Å². The number of carbonyl (C=O) groups is 1. The number of aliphatic hydroxyl groups is 5. The Hall–Kier alpha value is -3.67. The summed E-state index contributed by atoms with van der Waals surface area (Å²) in [4.78, 5) is 13.0. The molecule has 0 saturated carbocycles. The summed E-state index contributed by atoms with van der Waals surface area (Å²) in [6.45, 7) is 3.60. The summed E-state index contributed by atoms with van der Waals surface area (Å²) in [5.74, 6) is -0.227. The molecule has 1 saturated heterocycles. The first-order valence-corrected chi connectivity index (χ1v) is 26.4. The van der Waals surface area contributed by atoms with Gasteiger partial charge >= 0.3 is 0 Å². The monoisotopic (exact) mass is 946 g/mol. The zero-order chi connectivity index (χ0) is 49.4. The van der Waals surface area contributed by atoms with E-state index in [2.05, 4.69) is 141 Å². The van der Waals surface area contributed by atoms with Gasteiger partial charge in [-0.05, 0) is 96.3 Å². The topological polar surface area (TPSA) is 149 Å². The van der Waals surface area contributed by atoms with Gasteiger partial charge in [-0.15, -0.1) is 0 Å². The Morgan fingerprint density at radius 2 is 0.912 bits per heavy atom. The van der Waals surface area contributed by atoms with Crippen molar-refractivity contribution in [3.63, 3.8) is 0 Å². The summed E-state index contributed by atoms with van der Waals surface area (Å²) in [7, 11) is 0. The van der Waals surface area contributed by atoms with E-state index in [0.29, 0.717) is 6.42 Å². The number of aliphatic hydroxyl groups excluding tert-OH is 5. The molecule has 0 aromatic carbocycles. The Balaban J connectivity index is 2.28. The first-order valence-electron chi connectivity index (χ1n) is 26.4. The van der Waals surface area contributed by atoms with Crippen molar-refractivity contribution in [2.45, 2.75) is 217 Å². The fraction of sp³-hybridized carbons (Fsp3) is 0.610. The maximum atomic E-state index is 13.0. The third kappa shape index (κ3) is 36.3. The molecular formula is C59H95NO8. The summed E-state index contributed by atoms with van der Waals surface area (Å²) < 4.78 is 11.2. The number of nitrogens with one attached hydrogen (secondary N) is 1. The van der Waals surface area contributed by atoms with E-state index in [1.54, 1.807) is 6.08 Å². The molecule has 7 unspecified atom stereocenters. The number of allylic oxidation sites excluding steroid dienone is 21. The maximum absolute atomic E-state index is 13.0. The number of rotatable bonds is 42. The van der Waals surface area contributed by atoms with Crippen LogP contribution in [0.1, 0.15) is 174 Å². The Kier molecular flexibility index (Phi) is 43.1. The molecule has 7 atom stereocenters. The minimum absolute atomic E-state index is 0.215. The lowest BCUT2D eigenvalue weighted by molar-refractivity contribution is -0.302. The quantitative estimate of drug-likeness (QED) is 0.0262. The van der Waals surface area contributed by atoms with Gasteiger partial charge in [-0.1, -0.05) is 205 Å². The molecule has 0 aliphatic carbocycles. The molecule has 1 amide bonds. The third-order valence-corrected chi connectivity index (χ3v) is 11.5. The lowest BCUT2D eigenvalue weighted by Gasteiger charge is -2.40. The van der Waals surface area contributed by atoms with Crippen LogP contribution in [0.3, 0.4) is 0 Å². The van der Waals surface area contributed by atoms with E-state index in [-0.39, 0.29) is 18.9 Å². The average Bonchev–Trinajstić information content (AvgIpc) is 3.34. The molecule has 6 N–H and O–H groups in total. The molecule has 1 fully saturated rings. The molecule has 0 spiro atoms. The maximum Gasteiger partial charge on any atom is 0.220 e. The molecule has 9 heteroatoms. The second-order valence-corrected chi connectivity index (χ2v) is 17.6. The van der Waals surface area contributed by atoms with Gasteiger partial charge in [-0.2, -0.15) is 0 Å². The van der Waals surface area contributed by atoms with E-state index in [9.17, 15) is 30.3 Å². The summed E-state index contributed by atoms with van der Waals surface area (Å²) in [6, 6.07) is -0.837. The standard InChI is InChI=1S/C59H95NO8/c1-3-5-7-9-11-13-15-17-18-19-20-21-22-23-24-25-26-27-28-29-30-31-32-33-34-35-36-37-39-41-43-45-47-49-55(63)60-52(51-67-59-58(66)57(65)56(64)54(50-61)68-59)53(62)48-46-44-42-40-38-16-14-12-10-8-6-4-2/h5,7,11,13,17-18,20-21,23-24,26-27,29-30,32-33,35-36,39,41,46,48,52-54,56-59,61-62,64-66H,3-4,6,8-10,12,14-16,19,22,25,28,31,34,37-38,40,42-45,47,49-51H2,1-2H3,(H,60,63)/b7-5-,13-11-,18-17-,21-20-,24-23-,27-26-,30-29-,33-32-,36-35-,41-39-,48-46+.